The summed E-state index contributed by atoms with van der Waals surface area (Å²) in [4.78, 5) is 27.9. The Balaban J connectivity index is 1.61. The second-order valence-corrected chi connectivity index (χ2v) is 7.22. The van der Waals surface area contributed by atoms with Crippen LogP contribution in [0.1, 0.15) is 16.1 Å². The normalized spacial score (nSPS) is 10.4. The molecular formula is C20H17FN4O2S. The number of thiazole rings is 1. The summed E-state index contributed by atoms with van der Waals surface area (Å²) in [5.74, 6) is -0.992. The lowest BCUT2D eigenvalue weighted by atomic mass is 10.0. The number of nitrogens with one attached hydrogen (secondary N) is 2. The van der Waals surface area contributed by atoms with Crippen LogP contribution in [-0.4, -0.2) is 29.9 Å². The highest BCUT2D eigenvalue weighted by Gasteiger charge is 2.11. The number of halogens is 1. The van der Waals surface area contributed by atoms with Crippen LogP contribution in [0.5, 0.6) is 0 Å². The van der Waals surface area contributed by atoms with E-state index in [9.17, 15) is 14.0 Å². The first kappa shape index (κ1) is 19.5. The molecule has 1 aromatic heterocycles. The minimum atomic E-state index is -0.416. The van der Waals surface area contributed by atoms with Crippen LogP contribution in [0.15, 0.2) is 42.5 Å². The molecule has 0 bridgehead atoms. The summed E-state index contributed by atoms with van der Waals surface area (Å²) in [5.41, 5.74) is 2.67. The number of carbonyl (C=O) groups is 2. The molecule has 2 aromatic carbocycles. The van der Waals surface area contributed by atoms with Crippen LogP contribution in [0.2, 0.25) is 0 Å². The Hall–Kier alpha value is -3.31. The van der Waals surface area contributed by atoms with Crippen LogP contribution in [-0.2, 0) is 22.4 Å². The number of nitriles is 1. The van der Waals surface area contributed by atoms with Crippen LogP contribution < -0.4 is 10.6 Å². The van der Waals surface area contributed by atoms with Crippen LogP contribution >= 0.6 is 11.3 Å². The Bertz CT molecular complexity index is 1060. The summed E-state index contributed by atoms with van der Waals surface area (Å²) >= 11 is 1.42. The third kappa shape index (κ3) is 5.34. The molecule has 0 saturated carbocycles. The number of rotatable bonds is 7. The van der Waals surface area contributed by atoms with E-state index in [0.29, 0.717) is 11.4 Å². The zero-order valence-electron chi connectivity index (χ0n) is 14.9. The third-order valence-corrected chi connectivity index (χ3v) is 4.95. The highest BCUT2D eigenvalue weighted by molar-refractivity contribution is 7.18. The number of aromatic nitrogens is 1. The van der Waals surface area contributed by atoms with Crippen LogP contribution in [0.25, 0.3) is 10.2 Å². The quantitative estimate of drug-likeness (QED) is 0.599. The van der Waals surface area contributed by atoms with E-state index in [2.05, 4.69) is 15.6 Å². The number of hydrogen-bond donors (Lipinski definition) is 2. The Labute approximate surface area is 165 Å². The SMILES string of the molecule is N#CCNC(=O)CNC(=O)Cc1nc2cc(Cc3cccc(F)c3)ccc2s1. The molecule has 2 N–H and O–H groups in total. The van der Waals surface area contributed by atoms with Gasteiger partial charge in [0.05, 0.1) is 29.3 Å². The molecule has 8 heteroatoms. The Morgan fingerprint density at radius 3 is 2.71 bits per heavy atom. The van der Waals surface area contributed by atoms with E-state index in [0.717, 1.165) is 21.3 Å². The maximum absolute atomic E-state index is 13.3. The smallest absolute Gasteiger partial charge is 0.240 e. The molecule has 0 unspecified atom stereocenters. The molecule has 0 saturated heterocycles. The molecule has 2 amide bonds. The predicted molar refractivity (Wildman–Crippen MR) is 104 cm³/mol. The maximum Gasteiger partial charge on any atom is 0.240 e. The van der Waals surface area contributed by atoms with Gasteiger partial charge in [0.15, 0.2) is 0 Å². The molecule has 1 heterocycles. The molecule has 0 atom stereocenters. The molecule has 0 aliphatic heterocycles. The van der Waals surface area contributed by atoms with Gasteiger partial charge < -0.3 is 10.6 Å². The Morgan fingerprint density at radius 2 is 1.93 bits per heavy atom. The summed E-state index contributed by atoms with van der Waals surface area (Å²) in [7, 11) is 0. The van der Waals surface area contributed by atoms with E-state index < -0.39 is 5.91 Å². The molecular weight excluding hydrogens is 379 g/mol. The van der Waals surface area contributed by atoms with Crippen molar-refractivity contribution in [2.45, 2.75) is 12.8 Å². The largest absolute Gasteiger partial charge is 0.347 e. The van der Waals surface area contributed by atoms with Crippen LogP contribution in [0.4, 0.5) is 4.39 Å². The second-order valence-electron chi connectivity index (χ2n) is 6.10. The minimum absolute atomic E-state index is 0.0735. The first-order chi connectivity index (χ1) is 13.5. The molecule has 0 fully saturated rings. The average molecular weight is 396 g/mol. The van der Waals surface area contributed by atoms with Crippen molar-refractivity contribution in [2.75, 3.05) is 13.1 Å². The molecule has 0 aliphatic carbocycles. The van der Waals surface area contributed by atoms with Gasteiger partial charge in [0, 0.05) is 0 Å². The van der Waals surface area contributed by atoms with Crippen molar-refractivity contribution in [3.05, 3.63) is 64.4 Å². The topological polar surface area (TPSA) is 94.9 Å². The first-order valence-corrected chi connectivity index (χ1v) is 9.38. The highest BCUT2D eigenvalue weighted by atomic mass is 32.1. The van der Waals surface area contributed by atoms with Crippen LogP contribution in [0, 0.1) is 17.1 Å². The lowest BCUT2D eigenvalue weighted by Crippen LogP contribution is -2.37. The van der Waals surface area contributed by atoms with E-state index >= 15 is 0 Å². The van der Waals surface area contributed by atoms with Crippen molar-refractivity contribution in [1.82, 2.24) is 15.6 Å². The van der Waals surface area contributed by atoms with Crippen molar-refractivity contribution in [3.8, 4) is 6.07 Å². The number of carbonyl (C=O) groups excluding carboxylic acids is 2. The van der Waals surface area contributed by atoms with Gasteiger partial charge in [-0.05, 0) is 41.8 Å². The van der Waals surface area contributed by atoms with E-state index in [1.54, 1.807) is 12.1 Å². The lowest BCUT2D eigenvalue weighted by Gasteiger charge is -2.03. The van der Waals surface area contributed by atoms with Crippen molar-refractivity contribution in [1.29, 1.82) is 5.26 Å². The van der Waals surface area contributed by atoms with Gasteiger partial charge in [0.1, 0.15) is 17.4 Å². The number of hydrogen-bond acceptors (Lipinski definition) is 5. The van der Waals surface area contributed by atoms with Crippen molar-refractivity contribution < 1.29 is 14.0 Å². The van der Waals surface area contributed by atoms with E-state index in [1.807, 2.05) is 24.3 Å². The van der Waals surface area contributed by atoms with E-state index in [1.165, 1.54) is 23.5 Å². The van der Waals surface area contributed by atoms with Gasteiger partial charge in [-0.1, -0.05) is 18.2 Å². The summed E-state index contributed by atoms with van der Waals surface area (Å²) in [6, 6.07) is 14.1. The molecule has 0 aliphatic rings. The molecule has 142 valence electrons. The van der Waals surface area contributed by atoms with Gasteiger partial charge >= 0.3 is 0 Å². The zero-order chi connectivity index (χ0) is 19.9. The van der Waals surface area contributed by atoms with E-state index in [-0.39, 0.29) is 31.2 Å². The Morgan fingerprint density at radius 1 is 1.11 bits per heavy atom. The zero-order valence-corrected chi connectivity index (χ0v) is 15.7. The van der Waals surface area contributed by atoms with Gasteiger partial charge in [-0.3, -0.25) is 9.59 Å². The first-order valence-electron chi connectivity index (χ1n) is 8.56. The highest BCUT2D eigenvalue weighted by Crippen LogP contribution is 2.24. The van der Waals surface area contributed by atoms with Gasteiger partial charge in [-0.15, -0.1) is 11.3 Å². The molecule has 6 nitrogen and oxygen atoms in total. The summed E-state index contributed by atoms with van der Waals surface area (Å²) in [6.07, 6.45) is 0.670. The maximum atomic E-state index is 13.3. The Kier molecular flexibility index (Phi) is 6.29. The monoisotopic (exact) mass is 396 g/mol. The fourth-order valence-electron chi connectivity index (χ4n) is 2.67. The fourth-order valence-corrected chi connectivity index (χ4v) is 3.61. The summed E-state index contributed by atoms with van der Waals surface area (Å²) in [5, 5.41) is 13.9. The van der Waals surface area contributed by atoms with Gasteiger partial charge in [0.2, 0.25) is 11.8 Å². The van der Waals surface area contributed by atoms with Gasteiger partial charge in [-0.25, -0.2) is 9.37 Å². The van der Waals surface area contributed by atoms with Gasteiger partial charge in [-0.2, -0.15) is 5.26 Å². The standard InChI is InChI=1S/C20H17FN4O2S/c21-15-3-1-2-13(9-15)8-14-4-5-17-16(10-14)25-20(28-17)11-18(26)24-12-19(27)23-7-6-22/h1-5,9-10H,7-8,11-12H2,(H,23,27)(H,24,26). The van der Waals surface area contributed by atoms with Crippen molar-refractivity contribution in [2.24, 2.45) is 0 Å². The lowest BCUT2D eigenvalue weighted by molar-refractivity contribution is -0.125. The van der Waals surface area contributed by atoms with Crippen molar-refractivity contribution in [3.63, 3.8) is 0 Å². The second kappa shape index (κ2) is 9.06. The third-order valence-electron chi connectivity index (χ3n) is 3.92. The fraction of sp³-hybridized carbons (Fsp3) is 0.200. The van der Waals surface area contributed by atoms with Crippen molar-refractivity contribution >= 4 is 33.4 Å². The van der Waals surface area contributed by atoms with E-state index in [4.69, 9.17) is 5.26 Å². The average Bonchev–Trinajstić information content (AvgIpc) is 3.06. The molecule has 3 aromatic rings. The molecule has 0 spiro atoms. The molecule has 28 heavy (non-hydrogen) atoms. The molecule has 0 radical (unpaired) electrons. The summed E-state index contributed by atoms with van der Waals surface area (Å²) in [6.45, 7) is -0.270. The van der Waals surface area contributed by atoms with Gasteiger partial charge in [0.25, 0.3) is 0 Å². The number of amides is 2. The minimum Gasteiger partial charge on any atom is -0.347 e. The van der Waals surface area contributed by atoms with Crippen LogP contribution in [0.3, 0.4) is 0 Å². The number of nitrogens with zero attached hydrogens (tertiary/aromatic N) is 2. The number of benzene rings is 2. The molecule has 3 rings (SSSR count). The summed E-state index contributed by atoms with van der Waals surface area (Å²) < 4.78 is 14.3. The number of fused-ring (bicyclic) bond motifs is 1. The predicted octanol–water partition coefficient (Wildman–Crippen LogP) is 2.32.